The molecule has 1 saturated carbocycles. The standard InChI is InChI=1S/C22H25BrN2O3S/c1-15-6-7-21(16(2)12-15)29(27,28)25-10-8-24(9-11-25)22(26)20-14-19(20)17-4-3-5-18(23)13-17/h3-7,12-13,19-20H,8-11,14H2,1-2H3. The number of nitrogens with zero attached hydrogens (tertiary/aromatic N) is 2. The SMILES string of the molecule is Cc1ccc(S(=O)(=O)N2CCN(C(=O)C3CC3c3cccc(Br)c3)CC2)c(C)c1. The van der Waals surface area contributed by atoms with Crippen molar-refractivity contribution in [3.05, 3.63) is 63.6 Å². The number of hydrogen-bond acceptors (Lipinski definition) is 3. The van der Waals surface area contributed by atoms with Gasteiger partial charge in [-0.2, -0.15) is 4.31 Å². The third kappa shape index (κ3) is 4.13. The van der Waals surface area contributed by atoms with E-state index in [1.54, 1.807) is 6.07 Å². The number of hydrogen-bond donors (Lipinski definition) is 0. The molecule has 29 heavy (non-hydrogen) atoms. The van der Waals surface area contributed by atoms with Gasteiger partial charge < -0.3 is 4.90 Å². The topological polar surface area (TPSA) is 57.7 Å². The molecule has 1 aliphatic heterocycles. The zero-order valence-corrected chi connectivity index (χ0v) is 19.0. The number of benzene rings is 2. The Bertz CT molecular complexity index is 1050. The maximum absolute atomic E-state index is 13.0. The fourth-order valence-corrected chi connectivity index (χ4v) is 6.23. The summed E-state index contributed by atoms with van der Waals surface area (Å²) in [6, 6.07) is 13.5. The molecular weight excluding hydrogens is 452 g/mol. The Labute approximate surface area is 180 Å². The molecule has 7 heteroatoms. The van der Waals surface area contributed by atoms with Gasteiger partial charge in [0.1, 0.15) is 0 Å². The Kier molecular flexibility index (Phi) is 5.57. The maximum atomic E-state index is 13.0. The first-order valence-corrected chi connectivity index (χ1v) is 12.1. The molecule has 154 valence electrons. The first-order valence-electron chi connectivity index (χ1n) is 9.89. The van der Waals surface area contributed by atoms with Gasteiger partial charge in [-0.05, 0) is 55.5 Å². The van der Waals surface area contributed by atoms with Gasteiger partial charge in [0, 0.05) is 36.6 Å². The average molecular weight is 477 g/mol. The molecule has 2 unspecified atom stereocenters. The molecule has 2 aromatic rings. The third-order valence-electron chi connectivity index (χ3n) is 5.88. The first kappa shape index (κ1) is 20.6. The number of piperazine rings is 1. The van der Waals surface area contributed by atoms with Crippen molar-refractivity contribution in [2.24, 2.45) is 5.92 Å². The summed E-state index contributed by atoms with van der Waals surface area (Å²) in [5.41, 5.74) is 2.99. The van der Waals surface area contributed by atoms with Crippen molar-refractivity contribution in [1.82, 2.24) is 9.21 Å². The highest BCUT2D eigenvalue weighted by atomic mass is 79.9. The van der Waals surface area contributed by atoms with Gasteiger partial charge >= 0.3 is 0 Å². The van der Waals surface area contributed by atoms with E-state index in [9.17, 15) is 13.2 Å². The summed E-state index contributed by atoms with van der Waals surface area (Å²) in [5.74, 6) is 0.447. The molecule has 4 rings (SSSR count). The Balaban J connectivity index is 1.39. The van der Waals surface area contributed by atoms with Crippen LogP contribution >= 0.6 is 15.9 Å². The summed E-state index contributed by atoms with van der Waals surface area (Å²) in [5, 5.41) is 0. The van der Waals surface area contributed by atoms with Crippen LogP contribution in [0.15, 0.2) is 51.8 Å². The molecule has 2 aliphatic rings. The molecule has 1 amide bonds. The number of carbonyl (C=O) groups is 1. The predicted octanol–water partition coefficient (Wildman–Crippen LogP) is 3.70. The highest BCUT2D eigenvalue weighted by Gasteiger charge is 2.46. The van der Waals surface area contributed by atoms with E-state index < -0.39 is 10.0 Å². The van der Waals surface area contributed by atoms with Crippen LogP contribution in [0, 0.1) is 19.8 Å². The van der Waals surface area contributed by atoms with Crippen LogP contribution in [0.25, 0.3) is 0 Å². The summed E-state index contributed by atoms with van der Waals surface area (Å²) >= 11 is 3.49. The van der Waals surface area contributed by atoms with Crippen molar-refractivity contribution in [1.29, 1.82) is 0 Å². The van der Waals surface area contributed by atoms with Crippen LogP contribution < -0.4 is 0 Å². The summed E-state index contributed by atoms with van der Waals surface area (Å²) in [6.45, 7) is 5.36. The van der Waals surface area contributed by atoms with E-state index in [0.717, 1.165) is 22.0 Å². The lowest BCUT2D eigenvalue weighted by Crippen LogP contribution is -2.51. The lowest BCUT2D eigenvalue weighted by molar-refractivity contribution is -0.133. The Morgan fingerprint density at radius 2 is 1.76 bits per heavy atom. The second-order valence-electron chi connectivity index (χ2n) is 8.00. The maximum Gasteiger partial charge on any atom is 0.243 e. The van der Waals surface area contributed by atoms with Crippen molar-refractivity contribution < 1.29 is 13.2 Å². The van der Waals surface area contributed by atoms with Crippen LogP contribution in [0.1, 0.15) is 29.0 Å². The van der Waals surface area contributed by atoms with Gasteiger partial charge in [0.25, 0.3) is 0 Å². The van der Waals surface area contributed by atoms with E-state index in [-0.39, 0.29) is 17.7 Å². The molecule has 0 N–H and O–H groups in total. The molecule has 1 heterocycles. The Hall–Kier alpha value is -1.70. The molecule has 0 spiro atoms. The lowest BCUT2D eigenvalue weighted by Gasteiger charge is -2.34. The second kappa shape index (κ2) is 7.85. The minimum absolute atomic E-state index is 0.0202. The zero-order chi connectivity index (χ0) is 20.8. The van der Waals surface area contributed by atoms with Crippen LogP contribution in [0.4, 0.5) is 0 Å². The van der Waals surface area contributed by atoms with E-state index >= 15 is 0 Å². The molecule has 0 radical (unpaired) electrons. The van der Waals surface area contributed by atoms with Gasteiger partial charge in [0.05, 0.1) is 4.90 Å². The fraction of sp³-hybridized carbons (Fsp3) is 0.409. The van der Waals surface area contributed by atoms with Gasteiger partial charge in [-0.25, -0.2) is 8.42 Å². The number of halogens is 1. The summed E-state index contributed by atoms with van der Waals surface area (Å²) in [4.78, 5) is 15.1. The van der Waals surface area contributed by atoms with Crippen molar-refractivity contribution >= 4 is 31.9 Å². The third-order valence-corrected chi connectivity index (χ3v) is 8.44. The quantitative estimate of drug-likeness (QED) is 0.675. The van der Waals surface area contributed by atoms with Crippen LogP contribution in [-0.4, -0.2) is 49.7 Å². The summed E-state index contributed by atoms with van der Waals surface area (Å²) in [6.07, 6.45) is 0.871. The molecule has 1 aliphatic carbocycles. The van der Waals surface area contributed by atoms with Crippen LogP contribution in [0.5, 0.6) is 0 Å². The van der Waals surface area contributed by atoms with Crippen LogP contribution in [-0.2, 0) is 14.8 Å². The molecule has 0 aromatic heterocycles. The van der Waals surface area contributed by atoms with E-state index in [2.05, 4.69) is 28.1 Å². The van der Waals surface area contributed by atoms with Crippen LogP contribution in [0.2, 0.25) is 0 Å². The van der Waals surface area contributed by atoms with Gasteiger partial charge in [-0.15, -0.1) is 0 Å². The Morgan fingerprint density at radius 1 is 1.03 bits per heavy atom. The smallest absolute Gasteiger partial charge is 0.243 e. The summed E-state index contributed by atoms with van der Waals surface area (Å²) < 4.78 is 28.6. The molecule has 2 atom stereocenters. The van der Waals surface area contributed by atoms with E-state index in [1.807, 2.05) is 43.0 Å². The van der Waals surface area contributed by atoms with E-state index in [4.69, 9.17) is 0 Å². The van der Waals surface area contributed by atoms with Crippen molar-refractivity contribution in [3.63, 3.8) is 0 Å². The van der Waals surface area contributed by atoms with E-state index in [0.29, 0.717) is 31.1 Å². The van der Waals surface area contributed by atoms with Crippen molar-refractivity contribution in [2.45, 2.75) is 31.1 Å². The monoisotopic (exact) mass is 476 g/mol. The molecule has 1 saturated heterocycles. The second-order valence-corrected chi connectivity index (χ2v) is 10.8. The van der Waals surface area contributed by atoms with Gasteiger partial charge in [-0.1, -0.05) is 45.8 Å². The van der Waals surface area contributed by atoms with Gasteiger partial charge in [0.15, 0.2) is 0 Å². The van der Waals surface area contributed by atoms with Crippen molar-refractivity contribution in [3.8, 4) is 0 Å². The fourth-order valence-electron chi connectivity index (χ4n) is 4.18. The Morgan fingerprint density at radius 3 is 2.41 bits per heavy atom. The predicted molar refractivity (Wildman–Crippen MR) is 116 cm³/mol. The number of carbonyl (C=O) groups excluding carboxylic acids is 1. The van der Waals surface area contributed by atoms with Crippen molar-refractivity contribution in [2.75, 3.05) is 26.2 Å². The number of aryl methyl sites for hydroxylation is 2. The van der Waals surface area contributed by atoms with Gasteiger partial charge in [0.2, 0.25) is 15.9 Å². The molecule has 5 nitrogen and oxygen atoms in total. The number of amides is 1. The molecule has 0 bridgehead atoms. The van der Waals surface area contributed by atoms with E-state index in [1.165, 1.54) is 9.87 Å². The zero-order valence-electron chi connectivity index (χ0n) is 16.6. The summed E-state index contributed by atoms with van der Waals surface area (Å²) in [7, 11) is -3.53. The lowest BCUT2D eigenvalue weighted by atomic mass is 10.1. The normalized spacial score (nSPS) is 22.5. The minimum Gasteiger partial charge on any atom is -0.340 e. The largest absolute Gasteiger partial charge is 0.340 e. The van der Waals surface area contributed by atoms with Gasteiger partial charge in [-0.3, -0.25) is 4.79 Å². The highest BCUT2D eigenvalue weighted by Crippen LogP contribution is 2.49. The average Bonchev–Trinajstić information content (AvgIpc) is 3.48. The number of sulfonamides is 1. The molecule has 2 aromatic carbocycles. The highest BCUT2D eigenvalue weighted by molar-refractivity contribution is 9.10. The minimum atomic E-state index is -3.53. The number of rotatable bonds is 4. The first-order chi connectivity index (χ1) is 13.8. The van der Waals surface area contributed by atoms with Crippen LogP contribution in [0.3, 0.4) is 0 Å². The molecule has 2 fully saturated rings. The molecular formula is C22H25BrN2O3S.